The Hall–Kier alpha value is -2.51. The van der Waals surface area contributed by atoms with Gasteiger partial charge in [0.15, 0.2) is 6.10 Å². The van der Waals surface area contributed by atoms with E-state index in [1.807, 2.05) is 0 Å². The smallest absolute Gasteiger partial charge is 0.342 e. The van der Waals surface area contributed by atoms with Gasteiger partial charge in [0.2, 0.25) is 0 Å². The number of nitrogens with zero attached hydrogens (tertiary/aromatic N) is 1. The molecule has 0 spiro atoms. The molecule has 0 saturated heterocycles. The quantitative estimate of drug-likeness (QED) is 0.606. The van der Waals surface area contributed by atoms with E-state index in [1.165, 1.54) is 38.4 Å². The molecule has 0 aliphatic carbocycles. The molecule has 1 unspecified atom stereocenters. The van der Waals surface area contributed by atoms with Crippen LogP contribution >= 0.6 is 23.2 Å². The minimum atomic E-state index is -1.08. The van der Waals surface area contributed by atoms with Crippen LogP contribution in [0, 0.1) is 0 Å². The summed E-state index contributed by atoms with van der Waals surface area (Å²) in [5, 5.41) is 3.12. The van der Waals surface area contributed by atoms with Crippen molar-refractivity contribution < 1.29 is 19.1 Å². The Morgan fingerprint density at radius 1 is 1.28 bits per heavy atom. The number of methoxy groups -OCH3 is 1. The molecule has 0 aliphatic heterocycles. The molecule has 25 heavy (non-hydrogen) atoms. The Kier molecular flexibility index (Phi) is 6.06. The summed E-state index contributed by atoms with van der Waals surface area (Å²) in [6, 6.07) is 5.82. The number of carbonyl (C=O) groups excluding carboxylic acids is 2. The summed E-state index contributed by atoms with van der Waals surface area (Å²) in [7, 11) is 1.38. The second kappa shape index (κ2) is 8.04. The first-order valence-corrected chi connectivity index (χ1v) is 7.83. The molecule has 1 heterocycles. The van der Waals surface area contributed by atoms with Gasteiger partial charge in [-0.15, -0.1) is 0 Å². The third-order valence-corrected chi connectivity index (χ3v) is 3.72. The first-order valence-electron chi connectivity index (χ1n) is 7.08. The van der Waals surface area contributed by atoms with Gasteiger partial charge in [0.1, 0.15) is 17.1 Å². The summed E-state index contributed by atoms with van der Waals surface area (Å²) in [4.78, 5) is 28.3. The molecule has 0 aliphatic rings. The second-order valence-electron chi connectivity index (χ2n) is 4.97. The number of amides is 1. The predicted octanol–water partition coefficient (Wildman–Crippen LogP) is 3.16. The van der Waals surface area contributed by atoms with Crippen molar-refractivity contribution in [1.29, 1.82) is 0 Å². The number of ether oxygens (including phenoxy) is 2. The van der Waals surface area contributed by atoms with Crippen LogP contribution in [0.5, 0.6) is 5.75 Å². The average molecular weight is 384 g/mol. The van der Waals surface area contributed by atoms with Gasteiger partial charge in [-0.05, 0) is 25.1 Å². The predicted molar refractivity (Wildman–Crippen MR) is 95.2 cm³/mol. The molecule has 1 amide bonds. The SMILES string of the molecule is COc1cc(N)c(Cl)cc1C(=O)OC(C)C(=O)Nc1ccc(Cl)cn1. The van der Waals surface area contributed by atoms with Crippen molar-refractivity contribution in [3.63, 3.8) is 0 Å². The molecule has 1 atom stereocenters. The van der Waals surface area contributed by atoms with Crippen molar-refractivity contribution in [3.05, 3.63) is 46.1 Å². The lowest BCUT2D eigenvalue weighted by Crippen LogP contribution is -2.30. The molecule has 0 fully saturated rings. The molecule has 0 bridgehead atoms. The van der Waals surface area contributed by atoms with Crippen molar-refractivity contribution in [2.24, 2.45) is 0 Å². The molecule has 3 N–H and O–H groups in total. The van der Waals surface area contributed by atoms with Crippen molar-refractivity contribution in [3.8, 4) is 5.75 Å². The lowest BCUT2D eigenvalue weighted by molar-refractivity contribution is -0.123. The Morgan fingerprint density at radius 3 is 2.60 bits per heavy atom. The standard InChI is InChI=1S/C16H15Cl2N3O4/c1-8(15(22)21-14-4-3-9(17)7-20-14)25-16(23)10-5-11(18)12(19)6-13(10)24-2/h3-8H,19H2,1-2H3,(H,20,21,22). The van der Waals surface area contributed by atoms with Gasteiger partial charge in [-0.25, -0.2) is 9.78 Å². The number of hydrogen-bond donors (Lipinski definition) is 2. The molecule has 1 aromatic heterocycles. The summed E-state index contributed by atoms with van der Waals surface area (Å²) in [5.74, 6) is -0.849. The summed E-state index contributed by atoms with van der Waals surface area (Å²) < 4.78 is 10.2. The largest absolute Gasteiger partial charge is 0.496 e. The Bertz CT molecular complexity index is 797. The molecule has 2 aromatic rings. The van der Waals surface area contributed by atoms with Gasteiger partial charge in [-0.2, -0.15) is 0 Å². The Labute approximate surface area is 154 Å². The van der Waals surface area contributed by atoms with E-state index in [2.05, 4.69) is 10.3 Å². The van der Waals surface area contributed by atoms with E-state index in [0.29, 0.717) is 5.02 Å². The third kappa shape index (κ3) is 4.74. The van der Waals surface area contributed by atoms with Crippen LogP contribution in [-0.2, 0) is 9.53 Å². The Morgan fingerprint density at radius 2 is 2.00 bits per heavy atom. The minimum absolute atomic E-state index is 0.0611. The zero-order valence-corrected chi connectivity index (χ0v) is 14.9. The number of hydrogen-bond acceptors (Lipinski definition) is 6. The van der Waals surface area contributed by atoms with Gasteiger partial charge in [-0.1, -0.05) is 23.2 Å². The highest BCUT2D eigenvalue weighted by Crippen LogP contribution is 2.29. The monoisotopic (exact) mass is 383 g/mol. The number of halogens is 2. The average Bonchev–Trinajstić information content (AvgIpc) is 2.58. The number of nitrogens with one attached hydrogen (secondary N) is 1. The van der Waals surface area contributed by atoms with Crippen LogP contribution in [0.4, 0.5) is 11.5 Å². The number of anilines is 2. The summed E-state index contributed by atoms with van der Waals surface area (Å²) >= 11 is 11.6. The van der Waals surface area contributed by atoms with Crippen LogP contribution in [0.1, 0.15) is 17.3 Å². The second-order valence-corrected chi connectivity index (χ2v) is 5.82. The normalized spacial score (nSPS) is 11.5. The van der Waals surface area contributed by atoms with Gasteiger partial charge in [0.25, 0.3) is 5.91 Å². The highest BCUT2D eigenvalue weighted by atomic mass is 35.5. The van der Waals surface area contributed by atoms with Gasteiger partial charge < -0.3 is 20.5 Å². The van der Waals surface area contributed by atoms with Crippen molar-refractivity contribution in [2.45, 2.75) is 13.0 Å². The number of benzene rings is 1. The van der Waals surface area contributed by atoms with Gasteiger partial charge in [0, 0.05) is 12.3 Å². The molecule has 0 radical (unpaired) electrons. The van der Waals surface area contributed by atoms with Crippen molar-refractivity contribution >= 4 is 46.6 Å². The van der Waals surface area contributed by atoms with E-state index in [0.717, 1.165) is 0 Å². The Balaban J connectivity index is 2.08. The van der Waals surface area contributed by atoms with Crippen LogP contribution in [0.15, 0.2) is 30.5 Å². The number of aromatic nitrogens is 1. The fourth-order valence-corrected chi connectivity index (χ4v) is 2.13. The molecule has 132 valence electrons. The highest BCUT2D eigenvalue weighted by molar-refractivity contribution is 6.33. The van der Waals surface area contributed by atoms with Gasteiger partial charge in [-0.3, -0.25) is 4.79 Å². The lowest BCUT2D eigenvalue weighted by atomic mass is 10.2. The van der Waals surface area contributed by atoms with Crippen molar-refractivity contribution in [1.82, 2.24) is 4.98 Å². The van der Waals surface area contributed by atoms with Gasteiger partial charge >= 0.3 is 5.97 Å². The van der Waals surface area contributed by atoms with E-state index in [-0.39, 0.29) is 27.8 Å². The summed E-state index contributed by atoms with van der Waals surface area (Å²) in [5.41, 5.74) is 5.99. The number of carbonyl (C=O) groups is 2. The number of esters is 1. The van der Waals surface area contributed by atoms with E-state index in [9.17, 15) is 9.59 Å². The van der Waals surface area contributed by atoms with Crippen LogP contribution < -0.4 is 15.8 Å². The number of nitrogens with two attached hydrogens (primary N) is 1. The van der Waals surface area contributed by atoms with E-state index in [4.69, 9.17) is 38.4 Å². The summed E-state index contributed by atoms with van der Waals surface area (Å²) in [6.07, 6.45) is 0.306. The maximum atomic E-state index is 12.3. The molecule has 9 heteroatoms. The maximum Gasteiger partial charge on any atom is 0.342 e. The van der Waals surface area contributed by atoms with Crippen LogP contribution in [0.2, 0.25) is 10.0 Å². The number of nitrogen functional groups attached to an aromatic ring is 1. The molecular weight excluding hydrogens is 369 g/mol. The molecule has 7 nitrogen and oxygen atoms in total. The number of pyridine rings is 1. The first kappa shape index (κ1) is 18.8. The maximum absolute atomic E-state index is 12.3. The summed E-state index contributed by atoms with van der Waals surface area (Å²) in [6.45, 7) is 1.43. The number of rotatable bonds is 5. The third-order valence-electron chi connectivity index (χ3n) is 3.17. The van der Waals surface area contributed by atoms with Gasteiger partial charge in [0.05, 0.1) is 22.8 Å². The minimum Gasteiger partial charge on any atom is -0.496 e. The van der Waals surface area contributed by atoms with E-state index >= 15 is 0 Å². The van der Waals surface area contributed by atoms with E-state index < -0.39 is 18.0 Å². The van der Waals surface area contributed by atoms with Crippen LogP contribution in [-0.4, -0.2) is 30.1 Å². The molecule has 2 rings (SSSR count). The zero-order valence-electron chi connectivity index (χ0n) is 13.4. The highest BCUT2D eigenvalue weighted by Gasteiger charge is 2.22. The zero-order chi connectivity index (χ0) is 18.6. The van der Waals surface area contributed by atoms with E-state index in [1.54, 1.807) is 6.07 Å². The van der Waals surface area contributed by atoms with Crippen LogP contribution in [0.3, 0.4) is 0 Å². The topological polar surface area (TPSA) is 104 Å². The fourth-order valence-electron chi connectivity index (χ4n) is 1.85. The fraction of sp³-hybridized carbons (Fsp3) is 0.188. The first-order chi connectivity index (χ1) is 11.8. The van der Waals surface area contributed by atoms with Crippen molar-refractivity contribution in [2.75, 3.05) is 18.2 Å². The van der Waals surface area contributed by atoms with Crippen LogP contribution in [0.25, 0.3) is 0 Å². The molecule has 0 saturated carbocycles. The lowest BCUT2D eigenvalue weighted by Gasteiger charge is -2.15. The molecule has 1 aromatic carbocycles. The molecular formula is C16H15Cl2N3O4.